The highest BCUT2D eigenvalue weighted by Gasteiger charge is 2.30. The lowest BCUT2D eigenvalue weighted by Crippen LogP contribution is -2.29. The minimum absolute atomic E-state index is 0.216. The lowest BCUT2D eigenvalue weighted by molar-refractivity contribution is 0.0732. The fourth-order valence-corrected chi connectivity index (χ4v) is 3.15. The highest BCUT2D eigenvalue weighted by molar-refractivity contribution is 7.90. The summed E-state index contributed by atoms with van der Waals surface area (Å²) in [5.41, 5.74) is 1.16. The van der Waals surface area contributed by atoms with Crippen molar-refractivity contribution in [3.05, 3.63) is 47.3 Å². The third-order valence-electron chi connectivity index (χ3n) is 4.42. The van der Waals surface area contributed by atoms with Gasteiger partial charge in [0.15, 0.2) is 15.5 Å². The molecule has 1 heterocycles. The van der Waals surface area contributed by atoms with E-state index in [1.807, 2.05) is 6.92 Å². The first kappa shape index (κ1) is 16.7. The third-order valence-corrected chi connectivity index (χ3v) is 5.55. The summed E-state index contributed by atoms with van der Waals surface area (Å²) in [4.78, 5) is 14.4. The Hall–Kier alpha value is -2.15. The van der Waals surface area contributed by atoms with Crippen molar-refractivity contribution in [2.45, 2.75) is 36.6 Å². The van der Waals surface area contributed by atoms with Gasteiger partial charge in [-0.05, 0) is 37.5 Å². The van der Waals surface area contributed by atoms with Gasteiger partial charge in [-0.15, -0.1) is 0 Å². The van der Waals surface area contributed by atoms with Crippen LogP contribution >= 0.6 is 0 Å². The van der Waals surface area contributed by atoms with Crippen molar-refractivity contribution in [1.29, 1.82) is 0 Å². The van der Waals surface area contributed by atoms with E-state index in [2.05, 4.69) is 5.16 Å². The fraction of sp³-hybridized carbons (Fsp3) is 0.412. The Morgan fingerprint density at radius 1 is 1.29 bits per heavy atom. The highest BCUT2D eigenvalue weighted by Crippen LogP contribution is 2.40. The second-order valence-corrected chi connectivity index (χ2v) is 8.34. The molecule has 1 unspecified atom stereocenters. The normalized spacial score (nSPS) is 16.0. The molecule has 1 atom stereocenters. The molecule has 0 aliphatic heterocycles. The minimum Gasteiger partial charge on any atom is -0.360 e. The first-order valence-corrected chi connectivity index (χ1v) is 9.70. The van der Waals surface area contributed by atoms with Gasteiger partial charge in [-0.2, -0.15) is 0 Å². The summed E-state index contributed by atoms with van der Waals surface area (Å²) in [7, 11) is -1.53. The summed E-state index contributed by atoms with van der Waals surface area (Å²) in [5.74, 6) is 0.965. The average Bonchev–Trinajstić information content (AvgIpc) is 3.29. The number of rotatable bonds is 5. The summed E-state index contributed by atoms with van der Waals surface area (Å²) < 4.78 is 28.3. The van der Waals surface area contributed by atoms with Crippen LogP contribution in [-0.2, 0) is 9.84 Å². The molecule has 128 valence electrons. The van der Waals surface area contributed by atoms with E-state index in [9.17, 15) is 13.2 Å². The van der Waals surface area contributed by atoms with Crippen molar-refractivity contribution in [3.63, 3.8) is 0 Å². The second-order valence-electron chi connectivity index (χ2n) is 6.32. The van der Waals surface area contributed by atoms with E-state index >= 15 is 0 Å². The highest BCUT2D eigenvalue weighted by atomic mass is 32.2. The van der Waals surface area contributed by atoms with E-state index in [0.717, 1.165) is 24.2 Å². The quantitative estimate of drug-likeness (QED) is 0.830. The number of carbonyl (C=O) groups is 1. The van der Waals surface area contributed by atoms with Crippen molar-refractivity contribution >= 4 is 15.7 Å². The molecule has 0 bridgehead atoms. The maximum Gasteiger partial charge on any atom is 0.276 e. The number of hydrogen-bond acceptors (Lipinski definition) is 5. The van der Waals surface area contributed by atoms with E-state index in [1.54, 1.807) is 42.3 Å². The first-order valence-electron chi connectivity index (χ1n) is 7.81. The lowest BCUT2D eigenvalue weighted by atomic mass is 10.1. The second kappa shape index (κ2) is 6.05. The Kier molecular flexibility index (Phi) is 4.21. The average molecular weight is 348 g/mol. The van der Waals surface area contributed by atoms with Crippen molar-refractivity contribution in [2.24, 2.45) is 0 Å². The molecule has 1 amide bonds. The van der Waals surface area contributed by atoms with Gasteiger partial charge < -0.3 is 9.42 Å². The molecule has 0 spiro atoms. The van der Waals surface area contributed by atoms with Gasteiger partial charge in [-0.3, -0.25) is 4.79 Å². The first-order chi connectivity index (χ1) is 11.3. The topological polar surface area (TPSA) is 80.5 Å². The monoisotopic (exact) mass is 348 g/mol. The predicted molar refractivity (Wildman–Crippen MR) is 88.5 cm³/mol. The van der Waals surface area contributed by atoms with Crippen molar-refractivity contribution in [2.75, 3.05) is 13.3 Å². The van der Waals surface area contributed by atoms with Gasteiger partial charge in [-0.1, -0.05) is 17.3 Å². The van der Waals surface area contributed by atoms with Crippen molar-refractivity contribution < 1.29 is 17.7 Å². The van der Waals surface area contributed by atoms with Crippen LogP contribution in [0.2, 0.25) is 0 Å². The maximum atomic E-state index is 12.5. The molecule has 1 saturated carbocycles. The van der Waals surface area contributed by atoms with Gasteiger partial charge in [0.25, 0.3) is 5.91 Å². The molecule has 0 N–H and O–H groups in total. The summed E-state index contributed by atoms with van der Waals surface area (Å²) in [6, 6.07) is 8.07. The standard InChI is InChI=1S/C17H20N2O4S/c1-11(12-6-8-14(9-7-12)24(3,21)22)19(2)17(20)15-10-16(23-18-15)13-4-5-13/h6-11,13H,4-5H2,1-3H3. The molecule has 3 rings (SSSR count). The molecule has 6 nitrogen and oxygen atoms in total. The Morgan fingerprint density at radius 3 is 2.46 bits per heavy atom. The maximum absolute atomic E-state index is 12.5. The van der Waals surface area contributed by atoms with Gasteiger partial charge >= 0.3 is 0 Å². The van der Waals surface area contributed by atoms with Crippen LogP contribution in [0.3, 0.4) is 0 Å². The van der Waals surface area contributed by atoms with Gasteiger partial charge in [0.1, 0.15) is 5.76 Å². The van der Waals surface area contributed by atoms with Gasteiger partial charge in [0, 0.05) is 25.3 Å². The molecular formula is C17H20N2O4S. The van der Waals surface area contributed by atoms with Crippen LogP contribution in [0.4, 0.5) is 0 Å². The SMILES string of the molecule is CC(c1ccc(S(C)(=O)=O)cc1)N(C)C(=O)c1cc(C2CC2)on1. The van der Waals surface area contributed by atoms with Gasteiger partial charge in [0.2, 0.25) is 0 Å². The van der Waals surface area contributed by atoms with Gasteiger partial charge in [0.05, 0.1) is 10.9 Å². The number of hydrogen-bond donors (Lipinski definition) is 0. The molecule has 1 aromatic carbocycles. The van der Waals surface area contributed by atoms with Crippen LogP contribution in [0.5, 0.6) is 0 Å². The van der Waals surface area contributed by atoms with Crippen LogP contribution < -0.4 is 0 Å². The molecule has 1 aliphatic carbocycles. The molecule has 1 aliphatic rings. The number of amides is 1. The van der Waals surface area contributed by atoms with E-state index in [0.29, 0.717) is 11.6 Å². The van der Waals surface area contributed by atoms with Gasteiger partial charge in [-0.25, -0.2) is 8.42 Å². The van der Waals surface area contributed by atoms with E-state index in [-0.39, 0.29) is 16.8 Å². The van der Waals surface area contributed by atoms with Crippen molar-refractivity contribution in [1.82, 2.24) is 10.1 Å². The largest absolute Gasteiger partial charge is 0.360 e. The molecular weight excluding hydrogens is 328 g/mol. The number of benzene rings is 1. The number of sulfone groups is 1. The summed E-state index contributed by atoms with van der Waals surface area (Å²) in [5, 5.41) is 3.88. The Morgan fingerprint density at radius 2 is 1.92 bits per heavy atom. The zero-order chi connectivity index (χ0) is 17.5. The Bertz CT molecular complexity index is 851. The summed E-state index contributed by atoms with van der Waals surface area (Å²) in [6.07, 6.45) is 3.34. The molecule has 1 aromatic heterocycles. The number of nitrogens with zero attached hydrogens (tertiary/aromatic N) is 2. The molecule has 1 fully saturated rings. The van der Waals surface area contributed by atoms with Crippen LogP contribution in [0, 0.1) is 0 Å². The fourth-order valence-electron chi connectivity index (χ4n) is 2.52. The van der Waals surface area contributed by atoms with E-state index in [1.165, 1.54) is 6.26 Å². The molecule has 0 saturated heterocycles. The number of aromatic nitrogens is 1. The molecule has 24 heavy (non-hydrogen) atoms. The Labute approximate surface area is 141 Å². The molecule has 7 heteroatoms. The van der Waals surface area contributed by atoms with E-state index < -0.39 is 9.84 Å². The van der Waals surface area contributed by atoms with Crippen LogP contribution in [0.15, 0.2) is 39.8 Å². The smallest absolute Gasteiger partial charge is 0.276 e. The molecule has 2 aromatic rings. The van der Waals surface area contributed by atoms with Crippen molar-refractivity contribution in [3.8, 4) is 0 Å². The summed E-state index contributed by atoms with van der Waals surface area (Å²) in [6.45, 7) is 1.88. The van der Waals surface area contributed by atoms with Crippen LogP contribution in [-0.4, -0.2) is 37.7 Å². The molecule has 0 radical (unpaired) electrons. The zero-order valence-electron chi connectivity index (χ0n) is 13.9. The minimum atomic E-state index is -3.23. The number of carbonyl (C=O) groups excluding carboxylic acids is 1. The van der Waals surface area contributed by atoms with Crippen LogP contribution in [0.25, 0.3) is 0 Å². The predicted octanol–water partition coefficient (Wildman–Crippen LogP) is 2.79. The zero-order valence-corrected chi connectivity index (χ0v) is 14.7. The Balaban J connectivity index is 1.75. The third kappa shape index (κ3) is 3.36. The van der Waals surface area contributed by atoms with E-state index in [4.69, 9.17) is 4.52 Å². The summed E-state index contributed by atoms with van der Waals surface area (Å²) >= 11 is 0. The lowest BCUT2D eigenvalue weighted by Gasteiger charge is -2.24. The van der Waals surface area contributed by atoms with Crippen LogP contribution in [0.1, 0.15) is 53.5 Å².